The lowest BCUT2D eigenvalue weighted by molar-refractivity contribution is -0.118. The van der Waals surface area contributed by atoms with Gasteiger partial charge in [-0.3, -0.25) is 9.48 Å². The topological polar surface area (TPSA) is 82.2 Å². The van der Waals surface area contributed by atoms with Gasteiger partial charge in [0.2, 0.25) is 5.91 Å². The first-order valence-corrected chi connectivity index (χ1v) is 5.63. The Morgan fingerprint density at radius 3 is 2.83 bits per heavy atom. The Labute approximate surface area is 113 Å². The first kappa shape index (κ1) is 16.9. The first-order chi connectivity index (χ1) is 8.04. The van der Waals surface area contributed by atoms with Gasteiger partial charge in [-0.25, -0.2) is 0 Å². The minimum absolute atomic E-state index is 0. The molecule has 1 heterocycles. The lowest BCUT2D eigenvalue weighted by Crippen LogP contribution is -2.39. The molecule has 1 rings (SSSR count). The summed E-state index contributed by atoms with van der Waals surface area (Å²) in [6.45, 7) is 5.05. The molecular formula is C11H21ClN4O2. The molecule has 1 aromatic rings. The van der Waals surface area contributed by atoms with E-state index in [-0.39, 0.29) is 24.2 Å². The number of nitrogens with zero attached hydrogens (tertiary/aromatic N) is 2. The molecule has 0 bridgehead atoms. The summed E-state index contributed by atoms with van der Waals surface area (Å²) >= 11 is 0. The van der Waals surface area contributed by atoms with Crippen LogP contribution in [0.15, 0.2) is 12.3 Å². The van der Waals surface area contributed by atoms with Crippen LogP contribution in [0.4, 0.5) is 5.82 Å². The predicted octanol–water partition coefficient (Wildman–Crippen LogP) is 0.873. The van der Waals surface area contributed by atoms with Gasteiger partial charge in [-0.15, -0.1) is 12.4 Å². The Morgan fingerprint density at radius 1 is 1.61 bits per heavy atom. The second kappa shape index (κ2) is 8.07. The van der Waals surface area contributed by atoms with E-state index >= 15 is 0 Å². The Bertz CT molecular complexity index is 368. The molecule has 104 valence electrons. The van der Waals surface area contributed by atoms with Crippen molar-refractivity contribution in [2.45, 2.75) is 26.4 Å². The summed E-state index contributed by atoms with van der Waals surface area (Å²) in [7, 11) is 1.63. The molecule has 1 atom stereocenters. The molecule has 3 N–H and O–H groups in total. The summed E-state index contributed by atoms with van der Waals surface area (Å²) in [4.78, 5) is 11.7. The zero-order chi connectivity index (χ0) is 12.8. The third-order valence-electron chi connectivity index (χ3n) is 2.44. The first-order valence-electron chi connectivity index (χ1n) is 5.63. The Morgan fingerprint density at radius 2 is 2.28 bits per heavy atom. The molecule has 0 saturated carbocycles. The summed E-state index contributed by atoms with van der Waals surface area (Å²) < 4.78 is 6.65. The highest BCUT2D eigenvalue weighted by Crippen LogP contribution is 2.05. The predicted molar refractivity (Wildman–Crippen MR) is 72.8 cm³/mol. The fraction of sp³-hybridized carbons (Fsp3) is 0.636. The molecule has 0 fully saturated rings. The average molecular weight is 277 g/mol. The molecule has 18 heavy (non-hydrogen) atoms. The number of ether oxygens (including phenoxy) is 1. The van der Waals surface area contributed by atoms with Gasteiger partial charge in [-0.05, 0) is 5.92 Å². The van der Waals surface area contributed by atoms with Gasteiger partial charge in [0.1, 0.15) is 0 Å². The van der Waals surface area contributed by atoms with Crippen LogP contribution >= 0.6 is 12.4 Å². The van der Waals surface area contributed by atoms with Crippen molar-refractivity contribution in [3.8, 4) is 0 Å². The van der Waals surface area contributed by atoms with E-state index in [0.717, 1.165) is 0 Å². The number of nitrogens with one attached hydrogen (secondary N) is 1. The molecule has 0 aliphatic heterocycles. The molecule has 6 nitrogen and oxygen atoms in total. The van der Waals surface area contributed by atoms with E-state index in [1.807, 2.05) is 13.8 Å². The molecule has 1 amide bonds. The van der Waals surface area contributed by atoms with Crippen molar-refractivity contribution in [2.75, 3.05) is 19.0 Å². The molecular weight excluding hydrogens is 256 g/mol. The SMILES string of the molecule is COCCn1ccc(NC(=O)[C@@H](N)C(C)C)n1.Cl. The normalized spacial score (nSPS) is 12.1. The van der Waals surface area contributed by atoms with Crippen LogP contribution in [0, 0.1) is 5.92 Å². The second-order valence-electron chi connectivity index (χ2n) is 4.22. The van der Waals surface area contributed by atoms with Crippen LogP contribution in [0.3, 0.4) is 0 Å². The van der Waals surface area contributed by atoms with Crippen LogP contribution in [0.5, 0.6) is 0 Å². The van der Waals surface area contributed by atoms with Gasteiger partial charge in [-0.1, -0.05) is 13.8 Å². The van der Waals surface area contributed by atoms with Crippen molar-refractivity contribution in [3.05, 3.63) is 12.3 Å². The molecule has 1 aromatic heterocycles. The number of hydrogen-bond donors (Lipinski definition) is 2. The molecule has 0 aliphatic carbocycles. The zero-order valence-corrected chi connectivity index (χ0v) is 11.7. The van der Waals surface area contributed by atoms with Crippen molar-refractivity contribution >= 4 is 24.1 Å². The standard InChI is InChI=1S/C11H20N4O2.ClH/c1-8(2)10(12)11(16)13-9-4-5-15(14-9)6-7-17-3;/h4-5,8,10H,6-7,12H2,1-3H3,(H,13,14,16);1H/t10-;/m0./s1. The van der Waals surface area contributed by atoms with Gasteiger partial charge in [0, 0.05) is 19.4 Å². The highest BCUT2D eigenvalue weighted by atomic mass is 35.5. The number of halogens is 1. The van der Waals surface area contributed by atoms with Gasteiger partial charge >= 0.3 is 0 Å². The Kier molecular flexibility index (Phi) is 7.58. The van der Waals surface area contributed by atoms with E-state index in [1.54, 1.807) is 24.1 Å². The second-order valence-corrected chi connectivity index (χ2v) is 4.22. The molecule has 0 aliphatic rings. The van der Waals surface area contributed by atoms with Crippen molar-refractivity contribution in [1.29, 1.82) is 0 Å². The number of methoxy groups -OCH3 is 1. The quantitative estimate of drug-likeness (QED) is 0.808. The van der Waals surface area contributed by atoms with E-state index in [0.29, 0.717) is 19.0 Å². The molecule has 0 aromatic carbocycles. The summed E-state index contributed by atoms with van der Waals surface area (Å²) in [5.74, 6) is 0.407. The fourth-order valence-electron chi connectivity index (χ4n) is 1.25. The van der Waals surface area contributed by atoms with Crippen LogP contribution in [-0.2, 0) is 16.1 Å². The number of aromatic nitrogens is 2. The van der Waals surface area contributed by atoms with Crippen LogP contribution in [0.25, 0.3) is 0 Å². The highest BCUT2D eigenvalue weighted by Gasteiger charge is 2.17. The van der Waals surface area contributed by atoms with Crippen molar-refractivity contribution in [3.63, 3.8) is 0 Å². The highest BCUT2D eigenvalue weighted by molar-refractivity contribution is 5.93. The van der Waals surface area contributed by atoms with Gasteiger partial charge in [0.05, 0.1) is 19.2 Å². The van der Waals surface area contributed by atoms with Crippen molar-refractivity contribution in [1.82, 2.24) is 9.78 Å². The minimum Gasteiger partial charge on any atom is -0.383 e. The maximum absolute atomic E-state index is 11.7. The minimum atomic E-state index is -0.515. The molecule has 7 heteroatoms. The lowest BCUT2D eigenvalue weighted by Gasteiger charge is -2.13. The summed E-state index contributed by atoms with van der Waals surface area (Å²) in [6.07, 6.45) is 1.79. The summed E-state index contributed by atoms with van der Waals surface area (Å²) in [6, 6.07) is 1.22. The van der Waals surface area contributed by atoms with Gasteiger partial charge < -0.3 is 15.8 Å². The maximum atomic E-state index is 11.7. The Balaban J connectivity index is 0.00000289. The van der Waals surface area contributed by atoms with Crippen LogP contribution in [0.1, 0.15) is 13.8 Å². The van der Waals surface area contributed by atoms with Crippen LogP contribution in [0.2, 0.25) is 0 Å². The van der Waals surface area contributed by atoms with E-state index in [1.165, 1.54) is 0 Å². The third-order valence-corrected chi connectivity index (χ3v) is 2.44. The van der Waals surface area contributed by atoms with E-state index < -0.39 is 6.04 Å². The summed E-state index contributed by atoms with van der Waals surface area (Å²) in [5.41, 5.74) is 5.73. The van der Waals surface area contributed by atoms with E-state index in [2.05, 4.69) is 10.4 Å². The monoisotopic (exact) mass is 276 g/mol. The van der Waals surface area contributed by atoms with Crippen molar-refractivity contribution < 1.29 is 9.53 Å². The average Bonchev–Trinajstić information content (AvgIpc) is 2.72. The Hall–Kier alpha value is -1.11. The lowest BCUT2D eigenvalue weighted by atomic mass is 10.1. The number of amides is 1. The maximum Gasteiger partial charge on any atom is 0.242 e. The number of anilines is 1. The summed E-state index contributed by atoms with van der Waals surface area (Å²) in [5, 5.41) is 6.86. The number of carbonyl (C=O) groups is 1. The number of rotatable bonds is 6. The number of hydrogen-bond acceptors (Lipinski definition) is 4. The molecule has 0 unspecified atom stereocenters. The van der Waals surface area contributed by atoms with E-state index in [4.69, 9.17) is 10.5 Å². The van der Waals surface area contributed by atoms with Crippen LogP contribution in [-0.4, -0.2) is 35.4 Å². The molecule has 0 radical (unpaired) electrons. The zero-order valence-electron chi connectivity index (χ0n) is 10.9. The molecule has 0 spiro atoms. The molecule has 0 saturated heterocycles. The van der Waals surface area contributed by atoms with Gasteiger partial charge in [0.15, 0.2) is 5.82 Å². The third kappa shape index (κ3) is 5.03. The largest absolute Gasteiger partial charge is 0.383 e. The van der Waals surface area contributed by atoms with E-state index in [9.17, 15) is 4.79 Å². The van der Waals surface area contributed by atoms with Gasteiger partial charge in [0.25, 0.3) is 0 Å². The number of carbonyl (C=O) groups excluding carboxylic acids is 1. The van der Waals surface area contributed by atoms with Gasteiger partial charge in [-0.2, -0.15) is 5.10 Å². The van der Waals surface area contributed by atoms with Crippen molar-refractivity contribution in [2.24, 2.45) is 11.7 Å². The van der Waals surface area contributed by atoms with Crippen LogP contribution < -0.4 is 11.1 Å². The number of nitrogens with two attached hydrogens (primary N) is 1. The fourth-order valence-corrected chi connectivity index (χ4v) is 1.25. The smallest absolute Gasteiger partial charge is 0.242 e.